The molecular weight excluding hydrogens is 237 g/mol. The molecule has 1 unspecified atom stereocenters. The third kappa shape index (κ3) is 4.31. The fourth-order valence-electron chi connectivity index (χ4n) is 2.91. The van der Waals surface area contributed by atoms with Crippen LogP contribution in [0.25, 0.3) is 0 Å². The standard InChI is InChI=1S/C17H26FN/c1-3-13(4-2)15(12-19-16-9-10-16)11-14-7-5-6-8-17(14)18/h5-8,13,15-16,19H,3-4,9-12H2,1-2H3. The van der Waals surface area contributed by atoms with Gasteiger partial charge in [-0.05, 0) is 49.3 Å². The molecule has 0 amide bonds. The van der Waals surface area contributed by atoms with Crippen molar-refractivity contribution in [2.45, 2.75) is 52.0 Å². The minimum atomic E-state index is -0.0510. The van der Waals surface area contributed by atoms with E-state index in [-0.39, 0.29) is 5.82 Å². The highest BCUT2D eigenvalue weighted by Gasteiger charge is 2.25. The van der Waals surface area contributed by atoms with Crippen molar-refractivity contribution in [2.75, 3.05) is 6.54 Å². The lowest BCUT2D eigenvalue weighted by atomic mass is 9.83. The molecule has 1 fully saturated rings. The molecule has 0 saturated heterocycles. The van der Waals surface area contributed by atoms with Crippen LogP contribution >= 0.6 is 0 Å². The summed E-state index contributed by atoms with van der Waals surface area (Å²) in [5.41, 5.74) is 0.872. The lowest BCUT2D eigenvalue weighted by Crippen LogP contribution is -2.31. The molecule has 1 saturated carbocycles. The minimum absolute atomic E-state index is 0.0510. The highest BCUT2D eigenvalue weighted by atomic mass is 19.1. The van der Waals surface area contributed by atoms with E-state index in [1.54, 1.807) is 12.1 Å². The van der Waals surface area contributed by atoms with Crippen LogP contribution in [-0.2, 0) is 6.42 Å². The van der Waals surface area contributed by atoms with Gasteiger partial charge in [0, 0.05) is 6.04 Å². The molecule has 0 aliphatic heterocycles. The van der Waals surface area contributed by atoms with Crippen molar-refractivity contribution in [3.8, 4) is 0 Å². The molecule has 1 nitrogen and oxygen atoms in total. The SMILES string of the molecule is CCC(CC)C(CNC1CC1)Cc1ccccc1F. The largest absolute Gasteiger partial charge is 0.314 e. The quantitative estimate of drug-likeness (QED) is 0.742. The number of halogens is 1. The number of hydrogen-bond donors (Lipinski definition) is 1. The maximum Gasteiger partial charge on any atom is 0.126 e. The second-order valence-electron chi connectivity index (χ2n) is 5.81. The summed E-state index contributed by atoms with van der Waals surface area (Å²) in [5, 5.41) is 3.62. The molecule has 1 aromatic carbocycles. The van der Waals surface area contributed by atoms with E-state index in [2.05, 4.69) is 19.2 Å². The first-order valence-corrected chi connectivity index (χ1v) is 7.71. The number of nitrogens with one attached hydrogen (secondary N) is 1. The van der Waals surface area contributed by atoms with E-state index in [0.29, 0.717) is 11.8 Å². The van der Waals surface area contributed by atoms with Gasteiger partial charge in [-0.15, -0.1) is 0 Å². The van der Waals surface area contributed by atoms with E-state index < -0.39 is 0 Å². The summed E-state index contributed by atoms with van der Waals surface area (Å²) in [4.78, 5) is 0. The van der Waals surface area contributed by atoms with Gasteiger partial charge >= 0.3 is 0 Å². The predicted molar refractivity (Wildman–Crippen MR) is 78.7 cm³/mol. The van der Waals surface area contributed by atoms with Crippen LogP contribution in [-0.4, -0.2) is 12.6 Å². The smallest absolute Gasteiger partial charge is 0.126 e. The average molecular weight is 263 g/mol. The summed E-state index contributed by atoms with van der Waals surface area (Å²) in [6.45, 7) is 5.53. The van der Waals surface area contributed by atoms with Gasteiger partial charge in [0.1, 0.15) is 5.82 Å². The van der Waals surface area contributed by atoms with Gasteiger partial charge in [0.15, 0.2) is 0 Å². The van der Waals surface area contributed by atoms with Gasteiger partial charge in [-0.1, -0.05) is 44.9 Å². The zero-order chi connectivity index (χ0) is 13.7. The first-order valence-electron chi connectivity index (χ1n) is 7.71. The van der Waals surface area contributed by atoms with Crippen LogP contribution in [0.5, 0.6) is 0 Å². The Balaban J connectivity index is 2.00. The summed E-state index contributed by atoms with van der Waals surface area (Å²) in [6, 6.07) is 7.96. The highest BCUT2D eigenvalue weighted by molar-refractivity contribution is 5.18. The van der Waals surface area contributed by atoms with E-state index >= 15 is 0 Å². The summed E-state index contributed by atoms with van der Waals surface area (Å²) in [7, 11) is 0. The van der Waals surface area contributed by atoms with Crippen LogP contribution in [0.4, 0.5) is 4.39 Å². The van der Waals surface area contributed by atoms with Crippen LogP contribution in [0.1, 0.15) is 45.1 Å². The van der Waals surface area contributed by atoms with E-state index in [0.717, 1.165) is 24.6 Å². The molecule has 0 heterocycles. The molecule has 0 radical (unpaired) electrons. The molecule has 0 spiro atoms. The first-order chi connectivity index (χ1) is 9.24. The lowest BCUT2D eigenvalue weighted by Gasteiger charge is -2.26. The highest BCUT2D eigenvalue weighted by Crippen LogP contribution is 2.26. The molecule has 19 heavy (non-hydrogen) atoms. The fourth-order valence-corrected chi connectivity index (χ4v) is 2.91. The zero-order valence-electron chi connectivity index (χ0n) is 12.2. The molecule has 1 N–H and O–H groups in total. The van der Waals surface area contributed by atoms with Crippen LogP contribution in [0.15, 0.2) is 24.3 Å². The Morgan fingerprint density at radius 3 is 2.42 bits per heavy atom. The van der Waals surface area contributed by atoms with Crippen molar-refractivity contribution in [1.29, 1.82) is 0 Å². The fraction of sp³-hybridized carbons (Fsp3) is 0.647. The summed E-state index contributed by atoms with van der Waals surface area (Å²) >= 11 is 0. The number of benzene rings is 1. The van der Waals surface area contributed by atoms with Gasteiger partial charge in [0.25, 0.3) is 0 Å². The van der Waals surface area contributed by atoms with Crippen molar-refractivity contribution < 1.29 is 4.39 Å². The van der Waals surface area contributed by atoms with E-state index in [1.165, 1.54) is 25.7 Å². The van der Waals surface area contributed by atoms with Crippen molar-refractivity contribution in [3.63, 3.8) is 0 Å². The molecule has 1 aliphatic carbocycles. The van der Waals surface area contributed by atoms with E-state index in [1.807, 2.05) is 12.1 Å². The van der Waals surface area contributed by atoms with Crippen LogP contribution in [0.2, 0.25) is 0 Å². The van der Waals surface area contributed by atoms with Gasteiger partial charge in [-0.25, -0.2) is 4.39 Å². The normalized spacial score (nSPS) is 16.8. The predicted octanol–water partition coefficient (Wildman–Crippen LogP) is 4.17. The molecule has 0 bridgehead atoms. The number of hydrogen-bond acceptors (Lipinski definition) is 1. The maximum absolute atomic E-state index is 13.8. The number of rotatable bonds is 8. The Morgan fingerprint density at radius 1 is 1.16 bits per heavy atom. The van der Waals surface area contributed by atoms with Crippen LogP contribution in [0.3, 0.4) is 0 Å². The molecule has 1 aliphatic rings. The average Bonchev–Trinajstić information content (AvgIpc) is 3.23. The van der Waals surface area contributed by atoms with Gasteiger partial charge in [-0.3, -0.25) is 0 Å². The van der Waals surface area contributed by atoms with Crippen molar-refractivity contribution >= 4 is 0 Å². The van der Waals surface area contributed by atoms with Crippen molar-refractivity contribution in [3.05, 3.63) is 35.6 Å². The van der Waals surface area contributed by atoms with Crippen molar-refractivity contribution in [2.24, 2.45) is 11.8 Å². The molecular formula is C17H26FN. The Hall–Kier alpha value is -0.890. The van der Waals surface area contributed by atoms with Crippen LogP contribution < -0.4 is 5.32 Å². The molecule has 0 aromatic heterocycles. The van der Waals surface area contributed by atoms with Gasteiger partial charge in [0.2, 0.25) is 0 Å². The zero-order valence-corrected chi connectivity index (χ0v) is 12.2. The Morgan fingerprint density at radius 2 is 1.84 bits per heavy atom. The summed E-state index contributed by atoms with van der Waals surface area (Å²) in [6.07, 6.45) is 5.85. The minimum Gasteiger partial charge on any atom is -0.314 e. The van der Waals surface area contributed by atoms with Crippen molar-refractivity contribution in [1.82, 2.24) is 5.32 Å². The molecule has 2 heteroatoms. The third-order valence-electron chi connectivity index (χ3n) is 4.40. The Kier molecular flexibility index (Phi) is 5.38. The summed E-state index contributed by atoms with van der Waals surface area (Å²) < 4.78 is 13.8. The van der Waals surface area contributed by atoms with E-state index in [9.17, 15) is 4.39 Å². The molecule has 2 rings (SSSR count). The Labute approximate surface area is 116 Å². The monoisotopic (exact) mass is 263 g/mol. The third-order valence-corrected chi connectivity index (χ3v) is 4.40. The topological polar surface area (TPSA) is 12.0 Å². The molecule has 1 atom stereocenters. The lowest BCUT2D eigenvalue weighted by molar-refractivity contribution is 0.294. The Bertz CT molecular complexity index is 383. The van der Waals surface area contributed by atoms with Gasteiger partial charge in [-0.2, -0.15) is 0 Å². The van der Waals surface area contributed by atoms with Gasteiger partial charge < -0.3 is 5.32 Å². The second kappa shape index (κ2) is 7.04. The molecule has 1 aromatic rings. The molecule has 106 valence electrons. The van der Waals surface area contributed by atoms with E-state index in [4.69, 9.17) is 0 Å². The maximum atomic E-state index is 13.8. The van der Waals surface area contributed by atoms with Gasteiger partial charge in [0.05, 0.1) is 0 Å². The first kappa shape index (κ1) is 14.5. The van der Waals surface area contributed by atoms with Crippen LogP contribution in [0, 0.1) is 17.7 Å². The second-order valence-corrected chi connectivity index (χ2v) is 5.81. The summed E-state index contributed by atoms with van der Waals surface area (Å²) in [5.74, 6) is 1.18.